The van der Waals surface area contributed by atoms with Crippen molar-refractivity contribution < 1.29 is 14.0 Å². The third-order valence-electron chi connectivity index (χ3n) is 4.64. The molecule has 1 N–H and O–H groups in total. The van der Waals surface area contributed by atoms with Crippen LogP contribution in [0.2, 0.25) is 0 Å². The molecule has 0 spiro atoms. The third-order valence-corrected chi connectivity index (χ3v) is 4.64. The number of furan rings is 1. The second-order valence-corrected chi connectivity index (χ2v) is 6.46. The Morgan fingerprint density at radius 3 is 2.88 bits per heavy atom. The number of carbonyl (C=O) groups is 2. The molecule has 1 saturated heterocycles. The zero-order valence-electron chi connectivity index (χ0n) is 14.5. The van der Waals surface area contributed by atoms with Crippen LogP contribution in [-0.4, -0.2) is 35.5 Å². The molecule has 0 aliphatic carbocycles. The fourth-order valence-corrected chi connectivity index (χ4v) is 3.25. The summed E-state index contributed by atoms with van der Waals surface area (Å²) < 4.78 is 5.87. The molecule has 4 rings (SSSR count). The van der Waals surface area contributed by atoms with E-state index in [0.717, 1.165) is 28.2 Å². The summed E-state index contributed by atoms with van der Waals surface area (Å²) in [4.78, 5) is 25.1. The van der Waals surface area contributed by atoms with Gasteiger partial charge in [0.2, 0.25) is 5.91 Å². The van der Waals surface area contributed by atoms with E-state index in [1.54, 1.807) is 11.8 Å². The fraction of sp³-hybridized carbons (Fsp3) is 0.250. The Hall–Kier alpha value is -3.15. The smallest absolute Gasteiger partial charge is 0.259 e. The molecule has 0 radical (unpaired) electrons. The number of rotatable bonds is 4. The maximum absolute atomic E-state index is 12.0. The van der Waals surface area contributed by atoms with Crippen LogP contribution in [-0.2, 0) is 9.59 Å². The highest BCUT2D eigenvalue weighted by Gasteiger charge is 2.22. The number of hydrogen-bond acceptors (Lipinski definition) is 4. The average Bonchev–Trinajstić information content (AvgIpc) is 3.26. The molecule has 26 heavy (non-hydrogen) atoms. The Morgan fingerprint density at radius 1 is 1.23 bits per heavy atom. The SMILES string of the molecule is CC(=NNC(=O)CN1CCCC1=O)c1cc2c(ccc3ccccc32)o1. The van der Waals surface area contributed by atoms with Crippen molar-refractivity contribution in [3.05, 3.63) is 48.2 Å². The van der Waals surface area contributed by atoms with Gasteiger partial charge in [-0.05, 0) is 36.2 Å². The molecule has 1 aliphatic heterocycles. The average molecular weight is 349 g/mol. The topological polar surface area (TPSA) is 74.9 Å². The number of nitrogens with zero attached hydrogens (tertiary/aromatic N) is 2. The molecule has 6 nitrogen and oxygen atoms in total. The van der Waals surface area contributed by atoms with Crippen LogP contribution < -0.4 is 5.43 Å². The van der Waals surface area contributed by atoms with E-state index in [4.69, 9.17) is 4.42 Å². The van der Waals surface area contributed by atoms with Crippen LogP contribution in [0, 0.1) is 0 Å². The lowest BCUT2D eigenvalue weighted by Crippen LogP contribution is -2.36. The summed E-state index contributed by atoms with van der Waals surface area (Å²) >= 11 is 0. The Bertz CT molecular complexity index is 1040. The molecule has 0 saturated carbocycles. The van der Waals surface area contributed by atoms with Crippen LogP contribution in [0.3, 0.4) is 0 Å². The number of likely N-dealkylation sites (tertiary alicyclic amines) is 1. The largest absolute Gasteiger partial charge is 0.455 e. The predicted octanol–water partition coefficient (Wildman–Crippen LogP) is 3.05. The molecule has 2 amide bonds. The summed E-state index contributed by atoms with van der Waals surface area (Å²) in [5.41, 5.74) is 3.86. The highest BCUT2D eigenvalue weighted by molar-refractivity contribution is 6.09. The van der Waals surface area contributed by atoms with Crippen molar-refractivity contribution in [3.63, 3.8) is 0 Å². The normalized spacial score (nSPS) is 15.2. The van der Waals surface area contributed by atoms with Crippen molar-refractivity contribution in [2.75, 3.05) is 13.1 Å². The number of amides is 2. The first kappa shape index (κ1) is 16.3. The lowest BCUT2D eigenvalue weighted by Gasteiger charge is -2.13. The standard InChI is InChI=1S/C20H19N3O3/c1-13(21-22-19(24)12-23-10-4-7-20(23)25)18-11-16-15-6-3-2-5-14(15)8-9-17(16)26-18/h2-3,5-6,8-9,11H,4,7,10,12H2,1H3,(H,22,24). The summed E-state index contributed by atoms with van der Waals surface area (Å²) in [7, 11) is 0. The number of hydrogen-bond donors (Lipinski definition) is 1. The first-order chi connectivity index (χ1) is 12.6. The van der Waals surface area contributed by atoms with Gasteiger partial charge in [0, 0.05) is 18.4 Å². The van der Waals surface area contributed by atoms with E-state index in [0.29, 0.717) is 24.4 Å². The number of hydrazone groups is 1. The summed E-state index contributed by atoms with van der Waals surface area (Å²) in [6, 6.07) is 14.0. The van der Waals surface area contributed by atoms with Gasteiger partial charge in [-0.25, -0.2) is 5.43 Å². The van der Waals surface area contributed by atoms with Gasteiger partial charge in [-0.3, -0.25) is 9.59 Å². The quantitative estimate of drug-likeness (QED) is 0.581. The van der Waals surface area contributed by atoms with Crippen LogP contribution in [0.5, 0.6) is 0 Å². The van der Waals surface area contributed by atoms with E-state index in [1.807, 2.05) is 30.3 Å². The molecule has 1 aromatic heterocycles. The van der Waals surface area contributed by atoms with Crippen LogP contribution in [0.4, 0.5) is 0 Å². The monoisotopic (exact) mass is 349 g/mol. The Morgan fingerprint density at radius 2 is 2.08 bits per heavy atom. The van der Waals surface area contributed by atoms with Crippen molar-refractivity contribution in [3.8, 4) is 0 Å². The molecule has 2 aromatic carbocycles. The van der Waals surface area contributed by atoms with Crippen molar-refractivity contribution in [1.29, 1.82) is 0 Å². The van der Waals surface area contributed by atoms with Gasteiger partial charge in [0.15, 0.2) is 5.76 Å². The minimum atomic E-state index is -0.304. The third kappa shape index (κ3) is 3.06. The molecule has 2 heterocycles. The predicted molar refractivity (Wildman–Crippen MR) is 99.9 cm³/mol. The Labute approximate surface area is 150 Å². The van der Waals surface area contributed by atoms with Gasteiger partial charge in [0.05, 0.1) is 0 Å². The second-order valence-electron chi connectivity index (χ2n) is 6.46. The van der Waals surface area contributed by atoms with E-state index < -0.39 is 0 Å². The molecule has 132 valence electrons. The zero-order chi connectivity index (χ0) is 18.1. The second kappa shape index (κ2) is 6.63. The van der Waals surface area contributed by atoms with E-state index in [2.05, 4.69) is 22.7 Å². The number of carbonyl (C=O) groups excluding carboxylic acids is 2. The van der Waals surface area contributed by atoms with Gasteiger partial charge in [0.25, 0.3) is 5.91 Å². The van der Waals surface area contributed by atoms with Gasteiger partial charge in [0.1, 0.15) is 17.8 Å². The van der Waals surface area contributed by atoms with Crippen LogP contribution in [0.1, 0.15) is 25.5 Å². The molecule has 6 heteroatoms. The zero-order valence-corrected chi connectivity index (χ0v) is 14.5. The van der Waals surface area contributed by atoms with Crippen molar-refractivity contribution >= 4 is 39.3 Å². The number of benzene rings is 2. The fourth-order valence-electron chi connectivity index (χ4n) is 3.25. The van der Waals surface area contributed by atoms with Crippen molar-refractivity contribution in [1.82, 2.24) is 10.3 Å². The summed E-state index contributed by atoms with van der Waals surface area (Å²) in [6.45, 7) is 2.45. The molecule has 1 aliphatic rings. The maximum Gasteiger partial charge on any atom is 0.259 e. The number of nitrogens with one attached hydrogen (secondary N) is 1. The molecule has 0 atom stereocenters. The molecular weight excluding hydrogens is 330 g/mol. The van der Waals surface area contributed by atoms with Crippen LogP contribution in [0.15, 0.2) is 52.0 Å². The van der Waals surface area contributed by atoms with Gasteiger partial charge in [-0.15, -0.1) is 0 Å². The van der Waals surface area contributed by atoms with Crippen LogP contribution >= 0.6 is 0 Å². The molecule has 1 fully saturated rings. The highest BCUT2D eigenvalue weighted by Crippen LogP contribution is 2.28. The lowest BCUT2D eigenvalue weighted by molar-refractivity contribution is -0.133. The summed E-state index contributed by atoms with van der Waals surface area (Å²) in [5.74, 6) is 0.320. The Balaban J connectivity index is 1.53. The summed E-state index contributed by atoms with van der Waals surface area (Å²) in [5, 5.41) is 7.40. The van der Waals surface area contributed by atoms with Gasteiger partial charge in [-0.1, -0.05) is 30.3 Å². The van der Waals surface area contributed by atoms with E-state index in [-0.39, 0.29) is 18.4 Å². The minimum Gasteiger partial charge on any atom is -0.455 e. The Kier molecular flexibility index (Phi) is 4.16. The maximum atomic E-state index is 12.0. The van der Waals surface area contributed by atoms with Gasteiger partial charge < -0.3 is 9.32 Å². The first-order valence-corrected chi connectivity index (χ1v) is 8.64. The molecular formula is C20H19N3O3. The van der Waals surface area contributed by atoms with Gasteiger partial charge >= 0.3 is 0 Å². The minimum absolute atomic E-state index is 0.0185. The van der Waals surface area contributed by atoms with Crippen molar-refractivity contribution in [2.24, 2.45) is 5.10 Å². The molecule has 0 bridgehead atoms. The first-order valence-electron chi connectivity index (χ1n) is 8.64. The molecule has 0 unspecified atom stereocenters. The molecule has 3 aromatic rings. The highest BCUT2D eigenvalue weighted by atomic mass is 16.3. The van der Waals surface area contributed by atoms with Gasteiger partial charge in [-0.2, -0.15) is 5.10 Å². The van der Waals surface area contributed by atoms with E-state index >= 15 is 0 Å². The van der Waals surface area contributed by atoms with E-state index in [9.17, 15) is 9.59 Å². The van der Waals surface area contributed by atoms with Crippen LogP contribution in [0.25, 0.3) is 21.7 Å². The van der Waals surface area contributed by atoms with E-state index in [1.165, 1.54) is 0 Å². The summed E-state index contributed by atoms with van der Waals surface area (Å²) in [6.07, 6.45) is 1.32. The van der Waals surface area contributed by atoms with Crippen molar-refractivity contribution in [2.45, 2.75) is 19.8 Å². The lowest BCUT2D eigenvalue weighted by atomic mass is 10.1. The number of fused-ring (bicyclic) bond motifs is 3.